The predicted octanol–water partition coefficient (Wildman–Crippen LogP) is 6.60. The zero-order valence-corrected chi connectivity index (χ0v) is 24.3. The van der Waals surface area contributed by atoms with Gasteiger partial charge in [0.2, 0.25) is 0 Å². The fraction of sp³-hybridized carbons (Fsp3) is 0.258. The van der Waals surface area contributed by atoms with Crippen LogP contribution in [-0.2, 0) is 18.7 Å². The van der Waals surface area contributed by atoms with Gasteiger partial charge in [-0.3, -0.25) is 4.79 Å². The Bertz CT molecular complexity index is 1510. The van der Waals surface area contributed by atoms with E-state index in [0.717, 1.165) is 61.2 Å². The number of carbonyl (C=O) groups is 1. The van der Waals surface area contributed by atoms with Crippen molar-refractivity contribution in [3.8, 4) is 0 Å². The fourth-order valence-electron chi connectivity index (χ4n) is 5.24. The van der Waals surface area contributed by atoms with Gasteiger partial charge in [0.25, 0.3) is 5.91 Å². The Morgan fingerprint density at radius 1 is 0.800 bits per heavy atom. The summed E-state index contributed by atoms with van der Waals surface area (Å²) in [4.78, 5) is 28.8. The van der Waals surface area contributed by atoms with E-state index in [9.17, 15) is 4.79 Å². The maximum absolute atomic E-state index is 13.1. The van der Waals surface area contributed by atoms with Gasteiger partial charge in [-0.05, 0) is 47.4 Å². The number of halogens is 2. The number of amides is 1. The molecule has 1 aromatic heterocycles. The van der Waals surface area contributed by atoms with Gasteiger partial charge in [-0.15, -0.1) is 0 Å². The molecule has 6 rings (SSSR count). The molecule has 0 radical (unpaired) electrons. The number of nitrogens with zero attached hydrogens (tertiary/aromatic N) is 5. The summed E-state index contributed by atoms with van der Waals surface area (Å²) in [6, 6.07) is 26.0. The summed E-state index contributed by atoms with van der Waals surface area (Å²) in [6.07, 6.45) is 0.898. The topological polar surface area (TPSA) is 52.6 Å². The number of piperazine rings is 1. The van der Waals surface area contributed by atoms with E-state index in [-0.39, 0.29) is 5.91 Å². The van der Waals surface area contributed by atoms with E-state index in [1.165, 1.54) is 11.1 Å². The SMILES string of the molecule is O=C(c1ccc(CSc2nc(Cl)cc(N3CCN(c4ccccc4Cl)CC3)n2)cc1)N1CCc2ccccc2C1. The minimum absolute atomic E-state index is 0.0751. The highest BCUT2D eigenvalue weighted by Crippen LogP contribution is 2.29. The number of hydrogen-bond acceptors (Lipinski definition) is 6. The van der Waals surface area contributed by atoms with Crippen LogP contribution in [0.3, 0.4) is 0 Å². The van der Waals surface area contributed by atoms with Crippen LogP contribution in [0.2, 0.25) is 10.2 Å². The van der Waals surface area contributed by atoms with E-state index < -0.39 is 0 Å². The second kappa shape index (κ2) is 12.1. The van der Waals surface area contributed by atoms with E-state index in [2.05, 4.69) is 39.0 Å². The van der Waals surface area contributed by atoms with Crippen LogP contribution in [0, 0.1) is 0 Å². The van der Waals surface area contributed by atoms with Crippen LogP contribution in [0.5, 0.6) is 0 Å². The van der Waals surface area contributed by atoms with Gasteiger partial charge in [-0.1, -0.05) is 83.5 Å². The van der Waals surface area contributed by atoms with Gasteiger partial charge in [0.05, 0.1) is 10.7 Å². The van der Waals surface area contributed by atoms with E-state index in [0.29, 0.717) is 28.2 Å². The van der Waals surface area contributed by atoms with E-state index in [4.69, 9.17) is 28.2 Å². The highest BCUT2D eigenvalue weighted by Gasteiger charge is 2.22. The van der Waals surface area contributed by atoms with Crippen molar-refractivity contribution in [1.82, 2.24) is 14.9 Å². The molecule has 0 bridgehead atoms. The minimum Gasteiger partial charge on any atom is -0.367 e. The number of aromatic nitrogens is 2. The van der Waals surface area contributed by atoms with Crippen molar-refractivity contribution in [2.45, 2.75) is 23.9 Å². The molecular formula is C31H29Cl2N5OS. The number of thioether (sulfide) groups is 1. The van der Waals surface area contributed by atoms with Crippen molar-refractivity contribution in [1.29, 1.82) is 0 Å². The number of anilines is 2. The third kappa shape index (κ3) is 6.07. The van der Waals surface area contributed by atoms with Gasteiger partial charge in [0.1, 0.15) is 11.0 Å². The van der Waals surface area contributed by atoms with Crippen LogP contribution < -0.4 is 9.80 Å². The second-order valence-corrected chi connectivity index (χ2v) is 11.7. The third-order valence-corrected chi connectivity index (χ3v) is 8.88. The molecule has 0 N–H and O–H groups in total. The van der Waals surface area contributed by atoms with Crippen molar-refractivity contribution in [2.24, 2.45) is 0 Å². The molecule has 4 aromatic rings. The average Bonchev–Trinajstić information content (AvgIpc) is 3.00. The van der Waals surface area contributed by atoms with Crippen molar-refractivity contribution < 1.29 is 4.79 Å². The Balaban J connectivity index is 1.05. The molecule has 6 nitrogen and oxygen atoms in total. The number of fused-ring (bicyclic) bond motifs is 1. The largest absolute Gasteiger partial charge is 0.367 e. The highest BCUT2D eigenvalue weighted by atomic mass is 35.5. The van der Waals surface area contributed by atoms with Gasteiger partial charge in [-0.2, -0.15) is 0 Å². The zero-order valence-electron chi connectivity index (χ0n) is 22.0. The van der Waals surface area contributed by atoms with E-state index >= 15 is 0 Å². The summed E-state index contributed by atoms with van der Waals surface area (Å²) in [5, 5.41) is 1.85. The molecule has 40 heavy (non-hydrogen) atoms. The van der Waals surface area contributed by atoms with Crippen LogP contribution in [-0.4, -0.2) is 53.5 Å². The maximum atomic E-state index is 13.1. The molecular weight excluding hydrogens is 561 g/mol. The van der Waals surface area contributed by atoms with Crippen molar-refractivity contribution in [3.63, 3.8) is 0 Å². The second-order valence-electron chi connectivity index (χ2n) is 9.99. The zero-order chi connectivity index (χ0) is 27.5. The normalized spacial score (nSPS) is 15.2. The fourth-order valence-corrected chi connectivity index (χ4v) is 6.53. The first-order valence-electron chi connectivity index (χ1n) is 13.4. The molecule has 1 amide bonds. The lowest BCUT2D eigenvalue weighted by Crippen LogP contribution is -2.47. The van der Waals surface area contributed by atoms with Crippen LogP contribution >= 0.6 is 35.0 Å². The molecule has 0 saturated carbocycles. The Morgan fingerprint density at radius 3 is 2.27 bits per heavy atom. The molecule has 3 aromatic carbocycles. The number of para-hydroxylation sites is 1. The summed E-state index contributed by atoms with van der Waals surface area (Å²) in [6.45, 7) is 4.75. The number of benzene rings is 3. The highest BCUT2D eigenvalue weighted by molar-refractivity contribution is 7.98. The molecule has 9 heteroatoms. The summed E-state index contributed by atoms with van der Waals surface area (Å²) < 4.78 is 0. The Morgan fingerprint density at radius 2 is 1.50 bits per heavy atom. The van der Waals surface area contributed by atoms with Gasteiger partial charge >= 0.3 is 0 Å². The van der Waals surface area contributed by atoms with Crippen LogP contribution in [0.1, 0.15) is 27.0 Å². The molecule has 0 aliphatic carbocycles. The van der Waals surface area contributed by atoms with Gasteiger partial charge < -0.3 is 14.7 Å². The van der Waals surface area contributed by atoms with Crippen LogP contribution in [0.15, 0.2) is 84.0 Å². The maximum Gasteiger partial charge on any atom is 0.254 e. The molecule has 3 heterocycles. The molecule has 0 unspecified atom stereocenters. The Kier molecular flexibility index (Phi) is 8.14. The van der Waals surface area contributed by atoms with E-state index in [1.54, 1.807) is 11.8 Å². The average molecular weight is 591 g/mol. The lowest BCUT2D eigenvalue weighted by molar-refractivity contribution is 0.0734. The van der Waals surface area contributed by atoms with Crippen LogP contribution in [0.25, 0.3) is 0 Å². The van der Waals surface area contributed by atoms with Crippen LogP contribution in [0.4, 0.5) is 11.5 Å². The summed E-state index contributed by atoms with van der Waals surface area (Å²) >= 11 is 14.3. The first-order valence-corrected chi connectivity index (χ1v) is 15.1. The standard InChI is InChI=1S/C31H29Cl2N5OS/c32-26-7-3-4-8-27(26)36-15-17-37(18-16-36)29-19-28(33)34-31(35-29)40-21-22-9-11-24(12-10-22)30(39)38-14-13-23-5-1-2-6-25(23)20-38/h1-12,19H,13-18,20-21H2. The van der Waals surface area contributed by atoms with Gasteiger partial charge in [0.15, 0.2) is 5.16 Å². The molecule has 1 saturated heterocycles. The Hall–Kier alpha value is -3.26. The van der Waals surface area contributed by atoms with Gasteiger partial charge in [-0.25, -0.2) is 9.97 Å². The third-order valence-electron chi connectivity index (χ3n) is 7.44. The first kappa shape index (κ1) is 26.9. The molecule has 1 fully saturated rings. The number of rotatable bonds is 6. The summed E-state index contributed by atoms with van der Waals surface area (Å²) in [5.74, 6) is 1.60. The first-order chi connectivity index (χ1) is 19.5. The molecule has 0 spiro atoms. The van der Waals surface area contributed by atoms with Crippen molar-refractivity contribution >= 4 is 52.4 Å². The number of carbonyl (C=O) groups excluding carboxylic acids is 1. The molecule has 2 aliphatic rings. The molecule has 204 valence electrons. The lowest BCUT2D eigenvalue weighted by atomic mass is 9.99. The summed E-state index contributed by atoms with van der Waals surface area (Å²) in [7, 11) is 0. The monoisotopic (exact) mass is 589 g/mol. The smallest absolute Gasteiger partial charge is 0.254 e. The molecule has 0 atom stereocenters. The summed E-state index contributed by atoms with van der Waals surface area (Å²) in [5.41, 5.74) is 5.45. The Labute approximate surface area is 248 Å². The molecule has 2 aliphatic heterocycles. The quantitative estimate of drug-likeness (QED) is 0.143. The van der Waals surface area contributed by atoms with Crippen molar-refractivity contribution in [2.75, 3.05) is 42.5 Å². The minimum atomic E-state index is 0.0751. The predicted molar refractivity (Wildman–Crippen MR) is 164 cm³/mol. The van der Waals surface area contributed by atoms with E-state index in [1.807, 2.05) is 59.5 Å². The lowest BCUT2D eigenvalue weighted by Gasteiger charge is -2.37. The number of hydrogen-bond donors (Lipinski definition) is 0. The van der Waals surface area contributed by atoms with Gasteiger partial charge in [0, 0.05) is 56.7 Å². The van der Waals surface area contributed by atoms with Crippen molar-refractivity contribution in [3.05, 3.63) is 111 Å².